The van der Waals surface area contributed by atoms with E-state index in [1.807, 2.05) is 0 Å². The Bertz CT molecular complexity index is 373. The zero-order chi connectivity index (χ0) is 9.97. The second-order valence-electron chi connectivity index (χ2n) is 3.48. The Kier molecular flexibility index (Phi) is 2.39. The normalized spacial score (nSPS) is 16.1. The van der Waals surface area contributed by atoms with Crippen LogP contribution in [0.15, 0.2) is 17.2 Å². The molecule has 1 fully saturated rings. The summed E-state index contributed by atoms with van der Waals surface area (Å²) in [7, 11) is 0. The highest BCUT2D eigenvalue weighted by Crippen LogP contribution is 2.07. The molecule has 0 saturated carbocycles. The van der Waals surface area contributed by atoms with Crippen LogP contribution in [0.1, 0.15) is 12.8 Å². The Morgan fingerprint density at radius 1 is 1.43 bits per heavy atom. The molecule has 14 heavy (non-hydrogen) atoms. The van der Waals surface area contributed by atoms with Gasteiger partial charge >= 0.3 is 5.69 Å². The summed E-state index contributed by atoms with van der Waals surface area (Å²) in [4.78, 5) is 27.0. The second-order valence-corrected chi connectivity index (χ2v) is 3.48. The van der Waals surface area contributed by atoms with E-state index in [0.717, 1.165) is 25.9 Å². The van der Waals surface area contributed by atoms with Gasteiger partial charge in [-0.3, -0.25) is 9.36 Å². The number of carbonyl (C=O) groups excluding carboxylic acids is 1. The van der Waals surface area contributed by atoms with E-state index in [9.17, 15) is 9.59 Å². The van der Waals surface area contributed by atoms with Crippen molar-refractivity contribution in [1.29, 1.82) is 0 Å². The van der Waals surface area contributed by atoms with Crippen LogP contribution in [0.2, 0.25) is 0 Å². The first kappa shape index (κ1) is 9.05. The molecule has 0 aromatic carbocycles. The molecule has 76 valence electrons. The molecule has 2 heterocycles. The third kappa shape index (κ3) is 1.71. The predicted octanol–water partition coefficient (Wildman–Crippen LogP) is -0.201. The number of hydrogen-bond acceptors (Lipinski definition) is 2. The zero-order valence-electron chi connectivity index (χ0n) is 7.90. The van der Waals surface area contributed by atoms with Crippen LogP contribution in [0, 0.1) is 0 Å². The molecule has 5 heteroatoms. The van der Waals surface area contributed by atoms with Crippen molar-refractivity contribution in [2.45, 2.75) is 19.4 Å². The van der Waals surface area contributed by atoms with E-state index in [2.05, 4.69) is 4.98 Å². The van der Waals surface area contributed by atoms with Gasteiger partial charge in [0.15, 0.2) is 0 Å². The fraction of sp³-hybridized carbons (Fsp3) is 0.556. The van der Waals surface area contributed by atoms with Gasteiger partial charge < -0.3 is 9.88 Å². The number of carbonyl (C=O) groups is 1. The number of likely N-dealkylation sites (tertiary alicyclic amines) is 1. The average Bonchev–Trinajstić information content (AvgIpc) is 2.77. The van der Waals surface area contributed by atoms with Gasteiger partial charge in [-0.1, -0.05) is 0 Å². The van der Waals surface area contributed by atoms with Gasteiger partial charge in [0.05, 0.1) is 0 Å². The highest BCUT2D eigenvalue weighted by atomic mass is 16.2. The number of H-pyrrole nitrogens is 1. The van der Waals surface area contributed by atoms with Crippen molar-refractivity contribution in [3.05, 3.63) is 22.9 Å². The van der Waals surface area contributed by atoms with Crippen LogP contribution in [-0.2, 0) is 11.3 Å². The monoisotopic (exact) mass is 195 g/mol. The molecule has 1 aromatic rings. The molecule has 0 radical (unpaired) electrons. The summed E-state index contributed by atoms with van der Waals surface area (Å²) < 4.78 is 1.39. The quantitative estimate of drug-likeness (QED) is 0.710. The lowest BCUT2D eigenvalue weighted by Crippen LogP contribution is -2.33. The summed E-state index contributed by atoms with van der Waals surface area (Å²) in [5.74, 6) is 0.0317. The largest absolute Gasteiger partial charge is 0.341 e. The van der Waals surface area contributed by atoms with Gasteiger partial charge in [-0.05, 0) is 12.8 Å². The lowest BCUT2D eigenvalue weighted by molar-refractivity contribution is -0.130. The number of rotatable bonds is 2. The van der Waals surface area contributed by atoms with Crippen LogP contribution in [0.25, 0.3) is 0 Å². The average molecular weight is 195 g/mol. The van der Waals surface area contributed by atoms with E-state index in [1.165, 1.54) is 4.57 Å². The van der Waals surface area contributed by atoms with E-state index < -0.39 is 0 Å². The molecular formula is C9H13N3O2. The SMILES string of the molecule is O=C(Cn1cc[nH]c1=O)N1CCCC1. The smallest absolute Gasteiger partial charge is 0.325 e. The van der Waals surface area contributed by atoms with Gasteiger partial charge in [-0.2, -0.15) is 0 Å². The molecule has 0 aliphatic carbocycles. The summed E-state index contributed by atoms with van der Waals surface area (Å²) in [5.41, 5.74) is -0.224. The van der Waals surface area contributed by atoms with E-state index in [4.69, 9.17) is 0 Å². The maximum absolute atomic E-state index is 11.6. The van der Waals surface area contributed by atoms with Crippen molar-refractivity contribution in [2.75, 3.05) is 13.1 Å². The summed E-state index contributed by atoms with van der Waals surface area (Å²) in [5, 5.41) is 0. The lowest BCUT2D eigenvalue weighted by atomic mass is 10.4. The van der Waals surface area contributed by atoms with Crippen LogP contribution in [0.4, 0.5) is 0 Å². The Labute approximate surface area is 81.3 Å². The van der Waals surface area contributed by atoms with E-state index in [-0.39, 0.29) is 18.1 Å². The molecule has 1 N–H and O–H groups in total. The van der Waals surface area contributed by atoms with Gasteiger partial charge in [-0.15, -0.1) is 0 Å². The van der Waals surface area contributed by atoms with Gasteiger partial charge in [0.1, 0.15) is 6.54 Å². The number of imidazole rings is 1. The first-order valence-corrected chi connectivity index (χ1v) is 4.79. The van der Waals surface area contributed by atoms with Gasteiger partial charge in [0.25, 0.3) is 0 Å². The molecular weight excluding hydrogens is 182 g/mol. The highest BCUT2D eigenvalue weighted by molar-refractivity contribution is 5.76. The van der Waals surface area contributed by atoms with Crippen LogP contribution < -0.4 is 5.69 Å². The molecule has 0 unspecified atom stereocenters. The Morgan fingerprint density at radius 3 is 2.71 bits per heavy atom. The van der Waals surface area contributed by atoms with Crippen molar-refractivity contribution in [3.63, 3.8) is 0 Å². The molecule has 0 atom stereocenters. The van der Waals surface area contributed by atoms with E-state index in [1.54, 1.807) is 17.3 Å². The minimum absolute atomic E-state index is 0.0317. The summed E-state index contributed by atoms with van der Waals surface area (Å²) >= 11 is 0. The van der Waals surface area contributed by atoms with Gasteiger partial charge in [0.2, 0.25) is 5.91 Å². The number of amides is 1. The minimum Gasteiger partial charge on any atom is -0.341 e. The third-order valence-corrected chi connectivity index (χ3v) is 2.49. The Balaban J connectivity index is 2.01. The first-order valence-electron chi connectivity index (χ1n) is 4.79. The number of aromatic amines is 1. The van der Waals surface area contributed by atoms with Crippen molar-refractivity contribution >= 4 is 5.91 Å². The molecule has 1 saturated heterocycles. The number of nitrogens with zero attached hydrogens (tertiary/aromatic N) is 2. The third-order valence-electron chi connectivity index (χ3n) is 2.49. The van der Waals surface area contributed by atoms with Crippen molar-refractivity contribution in [2.24, 2.45) is 0 Å². The highest BCUT2D eigenvalue weighted by Gasteiger charge is 2.18. The van der Waals surface area contributed by atoms with Crippen LogP contribution in [0.3, 0.4) is 0 Å². The van der Waals surface area contributed by atoms with Crippen LogP contribution >= 0.6 is 0 Å². The second kappa shape index (κ2) is 3.69. The maximum Gasteiger partial charge on any atom is 0.325 e. The molecule has 1 aliphatic rings. The number of aromatic nitrogens is 2. The molecule has 1 aliphatic heterocycles. The van der Waals surface area contributed by atoms with Crippen LogP contribution in [0.5, 0.6) is 0 Å². The standard InChI is InChI=1S/C9H13N3O2/c13-8(11-4-1-2-5-11)7-12-6-3-10-9(12)14/h3,6H,1-2,4-5,7H2,(H,10,14). The van der Waals surface area contributed by atoms with Crippen molar-refractivity contribution < 1.29 is 4.79 Å². The summed E-state index contributed by atoms with van der Waals surface area (Å²) in [6, 6.07) is 0. The maximum atomic E-state index is 11.6. The lowest BCUT2D eigenvalue weighted by Gasteiger charge is -2.14. The Hall–Kier alpha value is -1.52. The molecule has 1 amide bonds. The van der Waals surface area contributed by atoms with Crippen molar-refractivity contribution in [1.82, 2.24) is 14.5 Å². The topological polar surface area (TPSA) is 58.1 Å². The number of nitrogens with one attached hydrogen (secondary N) is 1. The van der Waals surface area contributed by atoms with E-state index >= 15 is 0 Å². The summed E-state index contributed by atoms with van der Waals surface area (Å²) in [6.45, 7) is 1.82. The fourth-order valence-corrected chi connectivity index (χ4v) is 1.69. The minimum atomic E-state index is -0.224. The van der Waals surface area contributed by atoms with Gasteiger partial charge in [0, 0.05) is 25.5 Å². The van der Waals surface area contributed by atoms with Crippen molar-refractivity contribution in [3.8, 4) is 0 Å². The number of hydrogen-bond donors (Lipinski definition) is 1. The van der Waals surface area contributed by atoms with Gasteiger partial charge in [-0.25, -0.2) is 4.79 Å². The Morgan fingerprint density at radius 2 is 2.14 bits per heavy atom. The molecule has 0 bridgehead atoms. The predicted molar refractivity (Wildman–Crippen MR) is 50.9 cm³/mol. The molecule has 2 rings (SSSR count). The van der Waals surface area contributed by atoms with E-state index in [0.29, 0.717) is 0 Å². The molecule has 0 spiro atoms. The zero-order valence-corrected chi connectivity index (χ0v) is 7.90. The fourth-order valence-electron chi connectivity index (χ4n) is 1.69. The first-order chi connectivity index (χ1) is 6.77. The molecule has 5 nitrogen and oxygen atoms in total. The van der Waals surface area contributed by atoms with Crippen LogP contribution in [-0.4, -0.2) is 33.4 Å². The summed E-state index contributed by atoms with van der Waals surface area (Å²) in [6.07, 6.45) is 5.29. The molecule has 1 aromatic heterocycles.